The van der Waals surface area contributed by atoms with E-state index < -0.39 is 23.3 Å². The molecule has 1 amide bonds. The zero-order valence-corrected chi connectivity index (χ0v) is 13.4. The molecule has 1 aliphatic heterocycles. The number of ether oxygens (including phenoxy) is 1. The fourth-order valence-electron chi connectivity index (χ4n) is 2.61. The van der Waals surface area contributed by atoms with E-state index in [-0.39, 0.29) is 23.9 Å². The lowest BCUT2D eigenvalue weighted by Crippen LogP contribution is -2.54. The van der Waals surface area contributed by atoms with Gasteiger partial charge in [0.1, 0.15) is 17.2 Å². The average Bonchev–Trinajstić information content (AvgIpc) is 2.47. The molecule has 1 unspecified atom stereocenters. The van der Waals surface area contributed by atoms with E-state index in [2.05, 4.69) is 10.6 Å². The lowest BCUT2D eigenvalue weighted by atomic mass is 9.90. The average molecular weight is 335 g/mol. The summed E-state index contributed by atoms with van der Waals surface area (Å²) in [4.78, 5) is 12.5. The van der Waals surface area contributed by atoms with Gasteiger partial charge in [0.05, 0.1) is 6.04 Å². The van der Waals surface area contributed by atoms with Gasteiger partial charge in [-0.15, -0.1) is 12.4 Å². The summed E-state index contributed by atoms with van der Waals surface area (Å²) in [7, 11) is 1.51. The van der Waals surface area contributed by atoms with Crippen LogP contribution in [0.4, 0.5) is 8.78 Å². The van der Waals surface area contributed by atoms with E-state index in [0.717, 1.165) is 6.07 Å². The van der Waals surface area contributed by atoms with Crippen LogP contribution in [0.1, 0.15) is 31.4 Å². The maximum Gasteiger partial charge on any atom is 0.252 e. The third-order valence-corrected chi connectivity index (χ3v) is 3.99. The van der Waals surface area contributed by atoms with Crippen LogP contribution in [-0.4, -0.2) is 31.7 Å². The first-order valence-corrected chi connectivity index (χ1v) is 7.00. The molecule has 0 radical (unpaired) electrons. The summed E-state index contributed by atoms with van der Waals surface area (Å²) in [5.74, 6) is -1.57. The number of amides is 1. The van der Waals surface area contributed by atoms with Crippen LogP contribution in [0.5, 0.6) is 0 Å². The highest BCUT2D eigenvalue weighted by Gasteiger charge is 2.40. The van der Waals surface area contributed by atoms with Gasteiger partial charge in [0.15, 0.2) is 0 Å². The van der Waals surface area contributed by atoms with Gasteiger partial charge < -0.3 is 15.4 Å². The molecule has 1 saturated heterocycles. The van der Waals surface area contributed by atoms with Crippen molar-refractivity contribution in [2.24, 2.45) is 0 Å². The van der Waals surface area contributed by atoms with E-state index in [1.807, 2.05) is 0 Å². The summed E-state index contributed by atoms with van der Waals surface area (Å²) in [6.45, 7) is 3.06. The number of carbonyl (C=O) groups is 1. The fourth-order valence-corrected chi connectivity index (χ4v) is 2.61. The zero-order chi connectivity index (χ0) is 15.5. The highest BCUT2D eigenvalue weighted by molar-refractivity contribution is 5.86. The number of carbonyl (C=O) groups excluding carboxylic acids is 1. The van der Waals surface area contributed by atoms with Crippen molar-refractivity contribution in [3.63, 3.8) is 0 Å². The van der Waals surface area contributed by atoms with Gasteiger partial charge in [-0.05, 0) is 38.9 Å². The number of hydrogen-bond donors (Lipinski definition) is 2. The second-order valence-corrected chi connectivity index (χ2v) is 5.31. The molecule has 4 nitrogen and oxygen atoms in total. The number of hydrogen-bond acceptors (Lipinski definition) is 3. The van der Waals surface area contributed by atoms with Crippen molar-refractivity contribution in [1.82, 2.24) is 10.6 Å². The maximum atomic E-state index is 13.7. The van der Waals surface area contributed by atoms with Crippen LogP contribution in [0, 0.1) is 11.6 Å². The first kappa shape index (κ1) is 18.8. The predicted octanol–water partition coefficient (Wildman–Crippen LogP) is 2.33. The molecular formula is C15H21ClF2N2O2. The standard InChI is InChI=1S/C15H20F2N2O2.ClH/c1-10(12-4-3-11(16)9-13(12)17)19-14(20)15(21-2)5-7-18-8-6-15;/h3-4,9-10,18H,5-8H2,1-2H3,(H,19,20);1H. The number of piperidine rings is 1. The number of nitrogens with one attached hydrogen (secondary N) is 2. The quantitative estimate of drug-likeness (QED) is 0.888. The van der Waals surface area contributed by atoms with Crippen LogP contribution in [0.3, 0.4) is 0 Å². The van der Waals surface area contributed by atoms with Crippen LogP contribution in [-0.2, 0) is 9.53 Å². The Kier molecular flexibility index (Phi) is 6.71. The van der Waals surface area contributed by atoms with Crippen LogP contribution >= 0.6 is 12.4 Å². The monoisotopic (exact) mass is 334 g/mol. The molecule has 1 aromatic rings. The third kappa shape index (κ3) is 3.94. The Morgan fingerprint density at radius 2 is 2.00 bits per heavy atom. The van der Waals surface area contributed by atoms with Gasteiger partial charge in [-0.1, -0.05) is 6.07 Å². The van der Waals surface area contributed by atoms with Crippen LogP contribution < -0.4 is 10.6 Å². The van der Waals surface area contributed by atoms with Gasteiger partial charge in [-0.25, -0.2) is 8.78 Å². The molecule has 0 spiro atoms. The molecule has 22 heavy (non-hydrogen) atoms. The van der Waals surface area contributed by atoms with Crippen LogP contribution in [0.15, 0.2) is 18.2 Å². The number of benzene rings is 1. The molecule has 2 rings (SSSR count). The molecule has 1 heterocycles. The Labute approximate surface area is 135 Å². The largest absolute Gasteiger partial charge is 0.368 e. The van der Waals surface area contributed by atoms with Gasteiger partial charge in [-0.3, -0.25) is 4.79 Å². The van der Waals surface area contributed by atoms with Crippen molar-refractivity contribution in [2.45, 2.75) is 31.4 Å². The Hall–Kier alpha value is -1.24. The molecule has 1 atom stereocenters. The summed E-state index contributed by atoms with van der Waals surface area (Å²) in [5, 5.41) is 5.93. The Bertz CT molecular complexity index is 522. The molecule has 2 N–H and O–H groups in total. The maximum absolute atomic E-state index is 13.7. The van der Waals surface area contributed by atoms with Gasteiger partial charge in [0.2, 0.25) is 0 Å². The Morgan fingerprint density at radius 3 is 2.55 bits per heavy atom. The second kappa shape index (κ2) is 7.85. The lowest BCUT2D eigenvalue weighted by Gasteiger charge is -2.35. The summed E-state index contributed by atoms with van der Waals surface area (Å²) < 4.78 is 32.1. The lowest BCUT2D eigenvalue weighted by molar-refractivity contribution is -0.147. The van der Waals surface area contributed by atoms with Gasteiger partial charge in [0, 0.05) is 18.7 Å². The van der Waals surface area contributed by atoms with Gasteiger partial charge in [-0.2, -0.15) is 0 Å². The number of halogens is 3. The second-order valence-electron chi connectivity index (χ2n) is 5.31. The summed E-state index contributed by atoms with van der Waals surface area (Å²) >= 11 is 0. The molecule has 0 aromatic heterocycles. The zero-order valence-electron chi connectivity index (χ0n) is 12.6. The molecule has 1 fully saturated rings. The summed E-state index contributed by atoms with van der Waals surface area (Å²) in [6.07, 6.45) is 1.13. The van der Waals surface area contributed by atoms with E-state index in [9.17, 15) is 13.6 Å². The first-order chi connectivity index (χ1) is 9.98. The molecule has 1 aromatic carbocycles. The minimum atomic E-state index is -0.879. The van der Waals surface area contributed by atoms with Crippen molar-refractivity contribution in [1.29, 1.82) is 0 Å². The van der Waals surface area contributed by atoms with Crippen molar-refractivity contribution >= 4 is 18.3 Å². The minimum absolute atomic E-state index is 0. The highest BCUT2D eigenvalue weighted by Crippen LogP contribution is 2.25. The van der Waals surface area contributed by atoms with Gasteiger partial charge in [0.25, 0.3) is 5.91 Å². The summed E-state index contributed by atoms with van der Waals surface area (Å²) in [5.41, 5.74) is -0.624. The van der Waals surface area contributed by atoms with Gasteiger partial charge >= 0.3 is 0 Å². The van der Waals surface area contributed by atoms with E-state index in [4.69, 9.17) is 4.74 Å². The fraction of sp³-hybridized carbons (Fsp3) is 0.533. The SMILES string of the molecule is COC1(C(=O)NC(C)c2ccc(F)cc2F)CCNCC1.Cl. The molecule has 1 aliphatic rings. The smallest absolute Gasteiger partial charge is 0.252 e. The molecule has 0 saturated carbocycles. The van der Waals surface area contributed by atoms with E-state index in [1.165, 1.54) is 19.2 Å². The highest BCUT2D eigenvalue weighted by atomic mass is 35.5. The van der Waals surface area contributed by atoms with E-state index >= 15 is 0 Å². The topological polar surface area (TPSA) is 50.4 Å². The van der Waals surface area contributed by atoms with Crippen LogP contribution in [0.25, 0.3) is 0 Å². The minimum Gasteiger partial charge on any atom is -0.368 e. The number of methoxy groups -OCH3 is 1. The van der Waals surface area contributed by atoms with E-state index in [1.54, 1.807) is 6.92 Å². The normalized spacial score (nSPS) is 18.2. The Morgan fingerprint density at radius 1 is 1.36 bits per heavy atom. The molecular weight excluding hydrogens is 314 g/mol. The molecule has 7 heteroatoms. The van der Waals surface area contributed by atoms with Crippen molar-refractivity contribution in [3.05, 3.63) is 35.4 Å². The Balaban J connectivity index is 0.00000242. The summed E-state index contributed by atoms with van der Waals surface area (Å²) in [6, 6.07) is 2.78. The predicted molar refractivity (Wildman–Crippen MR) is 82.0 cm³/mol. The number of rotatable bonds is 4. The van der Waals surface area contributed by atoms with Crippen LogP contribution in [0.2, 0.25) is 0 Å². The molecule has 0 bridgehead atoms. The third-order valence-electron chi connectivity index (χ3n) is 3.99. The molecule has 0 aliphatic carbocycles. The van der Waals surface area contributed by atoms with Crippen molar-refractivity contribution in [3.8, 4) is 0 Å². The first-order valence-electron chi connectivity index (χ1n) is 7.00. The molecule has 124 valence electrons. The van der Waals surface area contributed by atoms with Crippen molar-refractivity contribution in [2.75, 3.05) is 20.2 Å². The van der Waals surface area contributed by atoms with Crippen molar-refractivity contribution < 1.29 is 18.3 Å². The van der Waals surface area contributed by atoms with E-state index in [0.29, 0.717) is 25.9 Å².